The Labute approximate surface area is 151 Å². The molecule has 0 bridgehead atoms. The largest absolute Gasteiger partial charge is 0.529 e. The molecule has 0 spiro atoms. The lowest BCUT2D eigenvalue weighted by atomic mass is 10.1. The monoisotopic (exact) mass is 382 g/mol. The summed E-state index contributed by atoms with van der Waals surface area (Å²) in [5.41, 5.74) is 0. The predicted molar refractivity (Wildman–Crippen MR) is 96.0 cm³/mol. The molecule has 0 aliphatic rings. The number of aliphatic hydroxyl groups excluding tert-OH is 2. The van der Waals surface area contributed by atoms with E-state index in [1.807, 2.05) is 0 Å². The first-order valence-electron chi connectivity index (χ1n) is 9.40. The van der Waals surface area contributed by atoms with Crippen LogP contribution in [0.4, 0.5) is 0 Å². The van der Waals surface area contributed by atoms with E-state index < -0.39 is 33.1 Å². The van der Waals surface area contributed by atoms with Gasteiger partial charge in [0.05, 0.1) is 13.2 Å². The molecule has 3 N–H and O–H groups in total. The van der Waals surface area contributed by atoms with Crippen LogP contribution in [0.1, 0.15) is 84.0 Å². The van der Waals surface area contributed by atoms with Gasteiger partial charge in [-0.1, -0.05) is 71.1 Å². The Balaban J connectivity index is 3.53. The molecule has 7 nitrogen and oxygen atoms in total. The van der Waals surface area contributed by atoms with Crippen molar-refractivity contribution < 1.29 is 33.5 Å². The highest BCUT2D eigenvalue weighted by Crippen LogP contribution is 2.43. The molecule has 0 aliphatic heterocycles. The molecule has 0 heterocycles. The van der Waals surface area contributed by atoms with Crippen molar-refractivity contribution in [3.63, 3.8) is 0 Å². The van der Waals surface area contributed by atoms with Gasteiger partial charge in [-0.2, -0.15) is 0 Å². The summed E-state index contributed by atoms with van der Waals surface area (Å²) in [6, 6.07) is 0. The summed E-state index contributed by atoms with van der Waals surface area (Å²) in [5, 5.41) is 17.6. The number of unbranched alkanes of at least 4 members (excludes halogenated alkanes) is 10. The van der Waals surface area contributed by atoms with Crippen LogP contribution in [0.5, 0.6) is 0 Å². The van der Waals surface area contributed by atoms with Gasteiger partial charge in [0.25, 0.3) is 0 Å². The fourth-order valence-electron chi connectivity index (χ4n) is 2.37. The van der Waals surface area contributed by atoms with Crippen LogP contribution in [0.25, 0.3) is 0 Å². The van der Waals surface area contributed by atoms with E-state index in [4.69, 9.17) is 10.2 Å². The van der Waals surface area contributed by atoms with Crippen LogP contribution in [0.15, 0.2) is 0 Å². The van der Waals surface area contributed by atoms with Crippen LogP contribution in [-0.2, 0) is 18.4 Å². The second-order valence-corrected chi connectivity index (χ2v) is 7.73. The minimum Gasteiger partial charge on any atom is -0.394 e. The van der Waals surface area contributed by atoms with Crippen LogP contribution in [-0.4, -0.2) is 40.4 Å². The van der Waals surface area contributed by atoms with Gasteiger partial charge in [-0.05, 0) is 6.42 Å². The van der Waals surface area contributed by atoms with Gasteiger partial charge in [-0.15, -0.1) is 0 Å². The summed E-state index contributed by atoms with van der Waals surface area (Å²) in [6.07, 6.45) is 11.5. The van der Waals surface area contributed by atoms with Crippen molar-refractivity contribution in [1.82, 2.24) is 0 Å². The van der Waals surface area contributed by atoms with Gasteiger partial charge >= 0.3 is 13.8 Å². The topological polar surface area (TPSA) is 113 Å². The van der Waals surface area contributed by atoms with Gasteiger partial charge in [0.15, 0.2) is 0 Å². The first-order chi connectivity index (χ1) is 11.9. The maximum atomic E-state index is 11.5. The number of hydrogen-bond donors (Lipinski definition) is 3. The number of rotatable bonds is 17. The smallest absolute Gasteiger partial charge is 0.394 e. The zero-order chi connectivity index (χ0) is 19.0. The SMILES string of the molecule is CCCCCCCCCCCCCC(=O)OP(=O)(O)OCC(O)CO. The standard InChI is InChI=1S/C17H35O7P/c1-2-3-4-5-6-7-8-9-10-11-12-13-17(20)24-25(21,22)23-15-16(19)14-18/h16,18-19H,2-15H2,1H3,(H,21,22). The lowest BCUT2D eigenvalue weighted by Crippen LogP contribution is -2.19. The summed E-state index contributed by atoms with van der Waals surface area (Å²) in [6.45, 7) is 1.03. The molecule has 2 atom stereocenters. The van der Waals surface area contributed by atoms with Crippen molar-refractivity contribution in [2.24, 2.45) is 0 Å². The third-order valence-electron chi connectivity index (χ3n) is 3.84. The molecule has 150 valence electrons. The Bertz CT molecular complexity index is 376. The fourth-order valence-corrected chi connectivity index (χ4v) is 3.13. The zero-order valence-electron chi connectivity index (χ0n) is 15.4. The van der Waals surface area contributed by atoms with E-state index >= 15 is 0 Å². The van der Waals surface area contributed by atoms with E-state index in [2.05, 4.69) is 16.0 Å². The molecule has 0 amide bonds. The highest BCUT2D eigenvalue weighted by Gasteiger charge is 2.26. The molecule has 0 aromatic heterocycles. The normalized spacial score (nSPS) is 14.9. The first-order valence-corrected chi connectivity index (χ1v) is 10.9. The third kappa shape index (κ3) is 16.7. The molecule has 0 aliphatic carbocycles. The van der Waals surface area contributed by atoms with Crippen LogP contribution in [0, 0.1) is 0 Å². The molecule has 25 heavy (non-hydrogen) atoms. The van der Waals surface area contributed by atoms with E-state index in [-0.39, 0.29) is 6.42 Å². The molecule has 0 aromatic carbocycles. The van der Waals surface area contributed by atoms with Crippen molar-refractivity contribution in [1.29, 1.82) is 0 Å². The number of carbonyl (C=O) groups excluding carboxylic acids is 1. The molecule has 0 fully saturated rings. The molecular formula is C17H35O7P. The van der Waals surface area contributed by atoms with Crippen LogP contribution < -0.4 is 0 Å². The molecule has 0 radical (unpaired) electrons. The Kier molecular flexibility index (Phi) is 15.5. The van der Waals surface area contributed by atoms with Gasteiger partial charge < -0.3 is 14.7 Å². The highest BCUT2D eigenvalue weighted by atomic mass is 31.2. The van der Waals surface area contributed by atoms with E-state index in [1.165, 1.54) is 44.9 Å². The molecule has 0 aromatic rings. The number of phosphoric acid groups is 1. The quantitative estimate of drug-likeness (QED) is 0.260. The highest BCUT2D eigenvalue weighted by molar-refractivity contribution is 7.48. The summed E-state index contributed by atoms with van der Waals surface area (Å²) in [5.74, 6) is -0.791. The summed E-state index contributed by atoms with van der Waals surface area (Å²) in [4.78, 5) is 20.8. The zero-order valence-corrected chi connectivity index (χ0v) is 16.3. The second-order valence-electron chi connectivity index (χ2n) is 6.35. The predicted octanol–water partition coefficient (Wildman–Crippen LogP) is 3.70. The fraction of sp³-hybridized carbons (Fsp3) is 0.941. The van der Waals surface area contributed by atoms with Crippen molar-refractivity contribution in [3.05, 3.63) is 0 Å². The van der Waals surface area contributed by atoms with Crippen LogP contribution in [0.2, 0.25) is 0 Å². The van der Waals surface area contributed by atoms with E-state index in [0.717, 1.165) is 19.3 Å². The van der Waals surface area contributed by atoms with Gasteiger partial charge in [-0.25, -0.2) is 4.57 Å². The molecular weight excluding hydrogens is 347 g/mol. The van der Waals surface area contributed by atoms with Gasteiger partial charge in [0.2, 0.25) is 0 Å². The average molecular weight is 382 g/mol. The molecule has 2 unspecified atom stereocenters. The van der Waals surface area contributed by atoms with Gasteiger partial charge in [-0.3, -0.25) is 14.2 Å². The average Bonchev–Trinajstić information content (AvgIpc) is 2.57. The maximum Gasteiger partial charge on any atom is 0.529 e. The Morgan fingerprint density at radius 3 is 1.92 bits per heavy atom. The summed E-state index contributed by atoms with van der Waals surface area (Å²) < 4.78 is 20.2. The van der Waals surface area contributed by atoms with E-state index in [1.54, 1.807) is 0 Å². The minimum atomic E-state index is -4.52. The summed E-state index contributed by atoms with van der Waals surface area (Å²) in [7, 11) is -4.52. The summed E-state index contributed by atoms with van der Waals surface area (Å²) >= 11 is 0. The number of carbonyl (C=O) groups is 1. The Hall–Kier alpha value is -0.460. The maximum absolute atomic E-state index is 11.5. The molecule has 0 saturated heterocycles. The second kappa shape index (κ2) is 15.8. The third-order valence-corrected chi connectivity index (χ3v) is 4.75. The van der Waals surface area contributed by atoms with Crippen LogP contribution in [0.3, 0.4) is 0 Å². The van der Waals surface area contributed by atoms with E-state index in [9.17, 15) is 14.3 Å². The van der Waals surface area contributed by atoms with Crippen molar-refractivity contribution >= 4 is 13.8 Å². The van der Waals surface area contributed by atoms with Crippen molar-refractivity contribution in [3.8, 4) is 0 Å². The van der Waals surface area contributed by atoms with E-state index in [0.29, 0.717) is 6.42 Å². The number of phosphoric ester groups is 1. The van der Waals surface area contributed by atoms with Gasteiger partial charge in [0.1, 0.15) is 6.10 Å². The van der Waals surface area contributed by atoms with Crippen molar-refractivity contribution in [2.75, 3.05) is 13.2 Å². The van der Waals surface area contributed by atoms with Crippen LogP contribution >= 0.6 is 7.82 Å². The Morgan fingerprint density at radius 2 is 1.44 bits per heavy atom. The molecule has 0 saturated carbocycles. The molecule has 0 rings (SSSR count). The lowest BCUT2D eigenvalue weighted by molar-refractivity contribution is -0.136. The number of hydrogen-bond acceptors (Lipinski definition) is 6. The molecule has 8 heteroatoms. The van der Waals surface area contributed by atoms with Gasteiger partial charge in [0, 0.05) is 6.42 Å². The number of aliphatic hydroxyl groups is 2. The Morgan fingerprint density at radius 1 is 0.960 bits per heavy atom. The van der Waals surface area contributed by atoms with Crippen molar-refractivity contribution in [2.45, 2.75) is 90.1 Å². The minimum absolute atomic E-state index is 0.0630. The lowest BCUT2D eigenvalue weighted by Gasteiger charge is -2.13. The first kappa shape index (κ1) is 24.5.